The van der Waals surface area contributed by atoms with Crippen molar-refractivity contribution in [2.45, 2.75) is 45.3 Å². The van der Waals surface area contributed by atoms with E-state index in [1.165, 1.54) is 19.3 Å². The molecule has 0 bridgehead atoms. The van der Waals surface area contributed by atoms with Crippen molar-refractivity contribution in [3.05, 3.63) is 18.1 Å². The van der Waals surface area contributed by atoms with Crippen LogP contribution in [0.4, 0.5) is 5.82 Å². The van der Waals surface area contributed by atoms with Gasteiger partial charge in [-0.3, -0.25) is 0 Å². The number of aromatic nitrogens is 2. The van der Waals surface area contributed by atoms with E-state index in [1.54, 1.807) is 6.33 Å². The first kappa shape index (κ1) is 14.2. The largest absolute Gasteiger partial charge is 0.365 e. The Hall–Kier alpha value is -1.20. The third kappa shape index (κ3) is 4.14. The first-order valence-electron chi connectivity index (χ1n) is 7.12. The molecule has 0 unspecified atom stereocenters. The minimum Gasteiger partial charge on any atom is -0.365 e. The lowest BCUT2D eigenvalue weighted by Gasteiger charge is -2.25. The fourth-order valence-electron chi connectivity index (χ4n) is 2.12. The molecule has 1 aromatic heterocycles. The summed E-state index contributed by atoms with van der Waals surface area (Å²) >= 11 is 0. The van der Waals surface area contributed by atoms with Crippen LogP contribution in [0.3, 0.4) is 0 Å². The minimum absolute atomic E-state index is 0.225. The van der Waals surface area contributed by atoms with Gasteiger partial charge >= 0.3 is 0 Å². The highest BCUT2D eigenvalue weighted by molar-refractivity contribution is 5.36. The molecule has 1 N–H and O–H groups in total. The zero-order valence-corrected chi connectivity index (χ0v) is 11.8. The fourth-order valence-corrected chi connectivity index (χ4v) is 2.12. The number of nitrogens with zero attached hydrogens (tertiary/aromatic N) is 2. The average molecular weight is 265 g/mol. The summed E-state index contributed by atoms with van der Waals surface area (Å²) in [6.45, 7) is 5.81. The molecule has 1 heterocycles. The van der Waals surface area contributed by atoms with Crippen LogP contribution in [0.5, 0.6) is 0 Å². The summed E-state index contributed by atoms with van der Waals surface area (Å²) in [6, 6.07) is 2.04. The van der Waals surface area contributed by atoms with Gasteiger partial charge in [-0.2, -0.15) is 0 Å². The lowest BCUT2D eigenvalue weighted by molar-refractivity contribution is -0.126. The van der Waals surface area contributed by atoms with Crippen LogP contribution in [0.25, 0.3) is 0 Å². The topological polar surface area (TPSA) is 56.3 Å². The van der Waals surface area contributed by atoms with Crippen molar-refractivity contribution in [1.82, 2.24) is 9.97 Å². The van der Waals surface area contributed by atoms with Crippen molar-refractivity contribution in [1.29, 1.82) is 0 Å². The van der Waals surface area contributed by atoms with Gasteiger partial charge in [0.2, 0.25) is 0 Å². The third-order valence-electron chi connectivity index (χ3n) is 3.37. The molecule has 1 aliphatic rings. The number of hydrogen-bond acceptors (Lipinski definition) is 5. The predicted molar refractivity (Wildman–Crippen MR) is 74.2 cm³/mol. The molecule has 0 atom stereocenters. The van der Waals surface area contributed by atoms with Gasteiger partial charge in [-0.15, -0.1) is 0 Å². The Labute approximate surface area is 114 Å². The number of ether oxygens (including phenoxy) is 2. The lowest BCUT2D eigenvalue weighted by Crippen LogP contribution is -2.27. The second-order valence-electron chi connectivity index (χ2n) is 4.68. The van der Waals surface area contributed by atoms with Crippen LogP contribution in [0, 0.1) is 0 Å². The Morgan fingerprint density at radius 3 is 2.58 bits per heavy atom. The van der Waals surface area contributed by atoms with E-state index >= 15 is 0 Å². The Bertz CT molecular complexity index is 377. The summed E-state index contributed by atoms with van der Waals surface area (Å²) in [5.74, 6) is 1.47. The first-order valence-corrected chi connectivity index (χ1v) is 7.12. The van der Waals surface area contributed by atoms with Crippen molar-refractivity contribution in [2.75, 3.05) is 25.1 Å². The van der Waals surface area contributed by atoms with E-state index in [0.29, 0.717) is 25.7 Å². The van der Waals surface area contributed by atoms with Gasteiger partial charge in [-0.05, 0) is 26.7 Å². The van der Waals surface area contributed by atoms with Gasteiger partial charge in [0.05, 0.1) is 6.54 Å². The Balaban J connectivity index is 1.87. The second kappa shape index (κ2) is 7.40. The molecule has 0 amide bonds. The maximum atomic E-state index is 5.49. The Morgan fingerprint density at radius 2 is 2.00 bits per heavy atom. The molecular weight excluding hydrogens is 242 g/mol. The average Bonchev–Trinajstić information content (AvgIpc) is 2.35. The smallest absolute Gasteiger partial charge is 0.174 e. The van der Waals surface area contributed by atoms with Crippen LogP contribution in [0.1, 0.15) is 44.7 Å². The normalized spacial score (nSPS) is 15.5. The second-order valence-corrected chi connectivity index (χ2v) is 4.68. The van der Waals surface area contributed by atoms with Crippen LogP contribution >= 0.6 is 0 Å². The van der Waals surface area contributed by atoms with Gasteiger partial charge < -0.3 is 14.8 Å². The highest BCUT2D eigenvalue weighted by atomic mass is 16.7. The highest BCUT2D eigenvalue weighted by Gasteiger charge is 2.21. The van der Waals surface area contributed by atoms with Gasteiger partial charge in [0.1, 0.15) is 12.1 Å². The van der Waals surface area contributed by atoms with Crippen molar-refractivity contribution in [3.63, 3.8) is 0 Å². The van der Waals surface area contributed by atoms with Crippen molar-refractivity contribution < 1.29 is 9.47 Å². The summed E-state index contributed by atoms with van der Waals surface area (Å²) in [4.78, 5) is 8.59. The van der Waals surface area contributed by atoms with Crippen molar-refractivity contribution >= 4 is 5.82 Å². The van der Waals surface area contributed by atoms with Gasteiger partial charge in [0, 0.05) is 30.9 Å². The van der Waals surface area contributed by atoms with E-state index < -0.39 is 0 Å². The molecule has 0 spiro atoms. The van der Waals surface area contributed by atoms with Crippen LogP contribution in [0.2, 0.25) is 0 Å². The summed E-state index contributed by atoms with van der Waals surface area (Å²) in [6.07, 6.45) is 5.21. The summed E-state index contributed by atoms with van der Waals surface area (Å²) in [7, 11) is 0. The Morgan fingerprint density at radius 1 is 1.26 bits per heavy atom. The van der Waals surface area contributed by atoms with Gasteiger partial charge in [-0.1, -0.05) is 6.42 Å². The SMILES string of the molecule is CCOC(CNc1cc(C2CCC2)ncn1)OCC. The molecular formula is C14H23N3O2. The molecule has 1 fully saturated rings. The first-order chi connectivity index (χ1) is 9.33. The lowest BCUT2D eigenvalue weighted by atomic mass is 9.83. The van der Waals surface area contributed by atoms with Crippen molar-refractivity contribution in [2.24, 2.45) is 0 Å². The maximum absolute atomic E-state index is 5.49. The molecule has 1 saturated carbocycles. The Kier molecular flexibility index (Phi) is 5.54. The quantitative estimate of drug-likeness (QED) is 0.732. The molecule has 0 saturated heterocycles. The fraction of sp³-hybridized carbons (Fsp3) is 0.714. The van der Waals surface area contributed by atoms with E-state index in [-0.39, 0.29) is 6.29 Å². The zero-order valence-electron chi connectivity index (χ0n) is 11.8. The van der Waals surface area contributed by atoms with E-state index in [9.17, 15) is 0 Å². The van der Waals surface area contributed by atoms with E-state index in [2.05, 4.69) is 15.3 Å². The van der Waals surface area contributed by atoms with Gasteiger partial charge in [0.25, 0.3) is 0 Å². The van der Waals surface area contributed by atoms with Crippen LogP contribution < -0.4 is 5.32 Å². The zero-order chi connectivity index (χ0) is 13.5. The van der Waals surface area contributed by atoms with Crippen molar-refractivity contribution in [3.8, 4) is 0 Å². The molecule has 0 aromatic carbocycles. The molecule has 0 radical (unpaired) electrons. The third-order valence-corrected chi connectivity index (χ3v) is 3.37. The van der Waals surface area contributed by atoms with Gasteiger partial charge in [-0.25, -0.2) is 9.97 Å². The van der Waals surface area contributed by atoms with Crippen LogP contribution in [-0.4, -0.2) is 36.0 Å². The standard InChI is InChI=1S/C14H23N3O2/c1-3-18-14(19-4-2)9-15-13-8-12(16-10-17-13)11-6-5-7-11/h8,10-11,14H,3-7,9H2,1-2H3,(H,15,16,17). The summed E-state index contributed by atoms with van der Waals surface area (Å²) in [5.41, 5.74) is 1.15. The number of hydrogen-bond donors (Lipinski definition) is 1. The molecule has 2 rings (SSSR count). The number of rotatable bonds is 8. The monoisotopic (exact) mass is 265 g/mol. The summed E-state index contributed by atoms with van der Waals surface area (Å²) in [5, 5.41) is 3.26. The van der Waals surface area contributed by atoms with Gasteiger partial charge in [0.15, 0.2) is 6.29 Å². The molecule has 0 aliphatic heterocycles. The molecule has 106 valence electrons. The van der Waals surface area contributed by atoms with Crippen LogP contribution in [-0.2, 0) is 9.47 Å². The number of anilines is 1. The molecule has 1 aromatic rings. The maximum Gasteiger partial charge on any atom is 0.174 e. The number of nitrogens with one attached hydrogen (secondary N) is 1. The molecule has 19 heavy (non-hydrogen) atoms. The minimum atomic E-state index is -0.225. The van der Waals surface area contributed by atoms with E-state index in [0.717, 1.165) is 11.5 Å². The molecule has 5 heteroatoms. The highest BCUT2D eigenvalue weighted by Crippen LogP contribution is 2.35. The van der Waals surface area contributed by atoms with E-state index in [4.69, 9.17) is 9.47 Å². The summed E-state index contributed by atoms with van der Waals surface area (Å²) < 4.78 is 11.0. The molecule has 5 nitrogen and oxygen atoms in total. The predicted octanol–water partition coefficient (Wildman–Crippen LogP) is 2.56. The van der Waals surface area contributed by atoms with E-state index in [1.807, 2.05) is 19.9 Å². The van der Waals surface area contributed by atoms with Crippen LogP contribution in [0.15, 0.2) is 12.4 Å². The molecule has 1 aliphatic carbocycles.